The van der Waals surface area contributed by atoms with Crippen LogP contribution in [0.25, 0.3) is 0 Å². The van der Waals surface area contributed by atoms with Crippen LogP contribution in [0, 0.1) is 0 Å². The summed E-state index contributed by atoms with van der Waals surface area (Å²) in [5.74, 6) is -0.356. The molecule has 2 aromatic rings. The van der Waals surface area contributed by atoms with Gasteiger partial charge in [-0.3, -0.25) is 10.1 Å². The predicted molar refractivity (Wildman–Crippen MR) is 115 cm³/mol. The molecule has 1 atom stereocenters. The number of benzene rings is 2. The number of ether oxygens (including phenoxy) is 1. The smallest absolute Gasteiger partial charge is 0.325 e. The minimum absolute atomic E-state index is 0.0196. The van der Waals surface area contributed by atoms with Crippen LogP contribution >= 0.6 is 0 Å². The third-order valence-electron chi connectivity index (χ3n) is 4.05. The van der Waals surface area contributed by atoms with Crippen molar-refractivity contribution < 1.29 is 22.7 Å². The number of sulfonamides is 1. The standard InChI is InChI=1S/C20H26N4O5S/c1-5-29-17-12-11-16(13-18(17)30(27,28)24(3)4)21-14(2)19(25)23-20(26)22-15-9-7-6-8-10-15/h6-14,21H,5H2,1-4H3,(H2,22,23,25,26). The number of hydrogen-bond acceptors (Lipinski definition) is 6. The topological polar surface area (TPSA) is 117 Å². The molecular weight excluding hydrogens is 408 g/mol. The Labute approximate surface area is 176 Å². The highest BCUT2D eigenvalue weighted by molar-refractivity contribution is 7.89. The third kappa shape index (κ3) is 5.94. The van der Waals surface area contributed by atoms with Gasteiger partial charge in [0.2, 0.25) is 15.9 Å². The average Bonchev–Trinajstić information content (AvgIpc) is 2.69. The van der Waals surface area contributed by atoms with Crippen molar-refractivity contribution in [3.05, 3.63) is 48.5 Å². The molecule has 0 spiro atoms. The van der Waals surface area contributed by atoms with Gasteiger partial charge in [0, 0.05) is 25.5 Å². The lowest BCUT2D eigenvalue weighted by Gasteiger charge is -2.19. The minimum Gasteiger partial charge on any atom is -0.492 e. The molecule has 30 heavy (non-hydrogen) atoms. The number of amides is 3. The molecule has 1 unspecified atom stereocenters. The molecule has 0 aliphatic carbocycles. The minimum atomic E-state index is -3.76. The summed E-state index contributed by atoms with van der Waals surface area (Å²) in [5.41, 5.74) is 0.943. The lowest BCUT2D eigenvalue weighted by atomic mass is 10.2. The highest BCUT2D eigenvalue weighted by atomic mass is 32.2. The predicted octanol–water partition coefficient (Wildman–Crippen LogP) is 2.48. The Morgan fingerprint density at radius 3 is 2.33 bits per heavy atom. The fraction of sp³-hybridized carbons (Fsp3) is 0.300. The van der Waals surface area contributed by atoms with Gasteiger partial charge >= 0.3 is 6.03 Å². The number of anilines is 2. The van der Waals surface area contributed by atoms with Gasteiger partial charge in [0.1, 0.15) is 16.7 Å². The number of imide groups is 1. The first kappa shape index (κ1) is 23.2. The number of urea groups is 1. The molecule has 0 radical (unpaired) electrons. The van der Waals surface area contributed by atoms with Crippen molar-refractivity contribution in [2.24, 2.45) is 0 Å². The van der Waals surface area contributed by atoms with Crippen LogP contribution in [0.15, 0.2) is 53.4 Å². The quantitative estimate of drug-likeness (QED) is 0.588. The van der Waals surface area contributed by atoms with Crippen molar-refractivity contribution in [2.45, 2.75) is 24.8 Å². The van der Waals surface area contributed by atoms with Crippen molar-refractivity contribution in [1.29, 1.82) is 0 Å². The monoisotopic (exact) mass is 434 g/mol. The van der Waals surface area contributed by atoms with Gasteiger partial charge < -0.3 is 15.4 Å². The summed E-state index contributed by atoms with van der Waals surface area (Å²) < 4.78 is 31.7. The highest BCUT2D eigenvalue weighted by Crippen LogP contribution is 2.29. The Balaban J connectivity index is 2.11. The Bertz CT molecular complexity index is 994. The Hall–Kier alpha value is -3.11. The van der Waals surface area contributed by atoms with Crippen LogP contribution in [0.2, 0.25) is 0 Å². The zero-order valence-corrected chi connectivity index (χ0v) is 18.1. The summed E-state index contributed by atoms with van der Waals surface area (Å²) in [4.78, 5) is 24.3. The number of carbonyl (C=O) groups excluding carboxylic acids is 2. The van der Waals surface area contributed by atoms with E-state index in [-0.39, 0.29) is 10.6 Å². The number of nitrogens with one attached hydrogen (secondary N) is 3. The van der Waals surface area contributed by atoms with Crippen LogP contribution in [-0.4, -0.2) is 51.4 Å². The van der Waals surface area contributed by atoms with E-state index < -0.39 is 28.0 Å². The molecule has 0 fully saturated rings. The van der Waals surface area contributed by atoms with Crippen LogP contribution in [0.1, 0.15) is 13.8 Å². The maximum Gasteiger partial charge on any atom is 0.325 e. The number of carbonyl (C=O) groups is 2. The highest BCUT2D eigenvalue weighted by Gasteiger charge is 2.24. The van der Waals surface area contributed by atoms with Crippen molar-refractivity contribution in [3.8, 4) is 5.75 Å². The average molecular weight is 435 g/mol. The SMILES string of the molecule is CCOc1ccc(NC(C)C(=O)NC(=O)Nc2ccccc2)cc1S(=O)(=O)N(C)C. The molecule has 0 bridgehead atoms. The normalized spacial score (nSPS) is 12.2. The molecule has 3 N–H and O–H groups in total. The van der Waals surface area contributed by atoms with Crippen LogP contribution < -0.4 is 20.7 Å². The van der Waals surface area contributed by atoms with Crippen LogP contribution in [-0.2, 0) is 14.8 Å². The van der Waals surface area contributed by atoms with E-state index >= 15 is 0 Å². The lowest BCUT2D eigenvalue weighted by Crippen LogP contribution is -2.42. The maximum absolute atomic E-state index is 12.6. The molecule has 0 aliphatic heterocycles. The molecule has 2 aromatic carbocycles. The van der Waals surface area contributed by atoms with E-state index in [9.17, 15) is 18.0 Å². The summed E-state index contributed by atoms with van der Waals surface area (Å²) >= 11 is 0. The molecule has 10 heteroatoms. The molecular formula is C20H26N4O5S. The van der Waals surface area contributed by atoms with Crippen LogP contribution in [0.4, 0.5) is 16.2 Å². The first-order valence-corrected chi connectivity index (χ1v) is 10.7. The van der Waals surface area contributed by atoms with Gasteiger partial charge in [-0.25, -0.2) is 17.5 Å². The Morgan fingerprint density at radius 2 is 1.73 bits per heavy atom. The van der Waals surface area contributed by atoms with Crippen molar-refractivity contribution in [2.75, 3.05) is 31.3 Å². The second kappa shape index (κ2) is 10.1. The summed E-state index contributed by atoms with van der Waals surface area (Å²) in [6.45, 7) is 3.62. The van der Waals surface area contributed by atoms with Gasteiger partial charge in [0.25, 0.3) is 0 Å². The summed E-state index contributed by atoms with van der Waals surface area (Å²) in [6, 6.07) is 11.8. The second-order valence-electron chi connectivity index (χ2n) is 6.56. The number of para-hydroxylation sites is 1. The number of rotatable bonds is 8. The summed E-state index contributed by atoms with van der Waals surface area (Å²) in [7, 11) is -0.912. The molecule has 0 saturated heterocycles. The van der Waals surface area contributed by atoms with Crippen molar-refractivity contribution in [1.82, 2.24) is 9.62 Å². The van der Waals surface area contributed by atoms with E-state index in [0.29, 0.717) is 18.0 Å². The molecule has 162 valence electrons. The number of nitrogens with zero attached hydrogens (tertiary/aromatic N) is 1. The largest absolute Gasteiger partial charge is 0.492 e. The van der Waals surface area contributed by atoms with E-state index in [2.05, 4.69) is 16.0 Å². The zero-order chi connectivity index (χ0) is 22.3. The van der Waals surface area contributed by atoms with Crippen LogP contribution in [0.3, 0.4) is 0 Å². The summed E-state index contributed by atoms with van der Waals surface area (Å²) in [5, 5.41) is 7.70. The lowest BCUT2D eigenvalue weighted by molar-refractivity contribution is -0.120. The van der Waals surface area contributed by atoms with E-state index in [1.807, 2.05) is 6.07 Å². The van der Waals surface area contributed by atoms with Crippen LogP contribution in [0.5, 0.6) is 5.75 Å². The first-order valence-electron chi connectivity index (χ1n) is 9.28. The van der Waals surface area contributed by atoms with Gasteiger partial charge in [0.05, 0.1) is 6.61 Å². The van der Waals surface area contributed by atoms with Crippen molar-refractivity contribution in [3.63, 3.8) is 0 Å². The number of hydrogen-bond donors (Lipinski definition) is 3. The Morgan fingerprint density at radius 1 is 1.07 bits per heavy atom. The van der Waals surface area contributed by atoms with E-state index in [1.54, 1.807) is 44.2 Å². The summed E-state index contributed by atoms with van der Waals surface area (Å²) in [6.07, 6.45) is 0. The van der Waals surface area contributed by atoms with Gasteiger partial charge in [0.15, 0.2) is 0 Å². The van der Waals surface area contributed by atoms with Gasteiger partial charge in [-0.1, -0.05) is 18.2 Å². The fourth-order valence-corrected chi connectivity index (χ4v) is 3.54. The zero-order valence-electron chi connectivity index (χ0n) is 17.3. The van der Waals surface area contributed by atoms with E-state index in [4.69, 9.17) is 4.74 Å². The fourth-order valence-electron chi connectivity index (χ4n) is 2.49. The van der Waals surface area contributed by atoms with Gasteiger partial charge in [-0.2, -0.15) is 0 Å². The molecule has 3 amide bonds. The first-order chi connectivity index (χ1) is 14.1. The molecule has 0 saturated carbocycles. The van der Waals surface area contributed by atoms with Gasteiger partial charge in [-0.15, -0.1) is 0 Å². The third-order valence-corrected chi connectivity index (χ3v) is 5.88. The molecule has 9 nitrogen and oxygen atoms in total. The van der Waals surface area contributed by atoms with E-state index in [1.165, 1.54) is 26.2 Å². The Kier molecular flexibility index (Phi) is 7.79. The van der Waals surface area contributed by atoms with Crippen molar-refractivity contribution >= 4 is 33.3 Å². The molecule has 0 aliphatic rings. The van der Waals surface area contributed by atoms with E-state index in [0.717, 1.165) is 4.31 Å². The molecule has 0 aromatic heterocycles. The molecule has 2 rings (SSSR count). The molecule has 0 heterocycles. The van der Waals surface area contributed by atoms with Gasteiger partial charge in [-0.05, 0) is 44.2 Å². The maximum atomic E-state index is 12.6. The second-order valence-corrected chi connectivity index (χ2v) is 8.68.